The minimum absolute atomic E-state index is 1.14. The van der Waals surface area contributed by atoms with E-state index in [0.29, 0.717) is 0 Å². The van der Waals surface area contributed by atoms with Gasteiger partial charge in [0, 0.05) is 8.95 Å². The van der Waals surface area contributed by atoms with Gasteiger partial charge in [0.05, 0.1) is 0 Å². The molecule has 0 aromatic heterocycles. The van der Waals surface area contributed by atoms with Gasteiger partial charge in [-0.05, 0) is 93.4 Å². The van der Waals surface area contributed by atoms with Crippen LogP contribution in [0.15, 0.2) is 167 Å². The highest BCUT2D eigenvalue weighted by Crippen LogP contribution is 2.41. The highest BCUT2D eigenvalue weighted by Gasteiger charge is 2.13. The van der Waals surface area contributed by atoms with Crippen molar-refractivity contribution < 1.29 is 0 Å². The molecule has 8 rings (SSSR count). The lowest BCUT2D eigenvalue weighted by molar-refractivity contribution is 1.66. The van der Waals surface area contributed by atoms with E-state index < -0.39 is 0 Å². The molecule has 0 atom stereocenters. The van der Waals surface area contributed by atoms with Crippen LogP contribution in [0.1, 0.15) is 0 Å². The number of fused-ring (bicyclic) bond motifs is 4. The van der Waals surface area contributed by atoms with Gasteiger partial charge in [-0.1, -0.05) is 162 Å². The van der Waals surface area contributed by atoms with Gasteiger partial charge in [-0.25, -0.2) is 0 Å². The third kappa shape index (κ3) is 4.81. The third-order valence-electron chi connectivity index (χ3n) is 7.84. The fourth-order valence-corrected chi connectivity index (χ4v) is 7.13. The molecular formula is C40H26Br2. The van der Waals surface area contributed by atoms with Crippen molar-refractivity contribution in [1.29, 1.82) is 0 Å². The molecule has 0 heterocycles. The summed E-state index contributed by atoms with van der Waals surface area (Å²) in [6.45, 7) is 0. The van der Waals surface area contributed by atoms with E-state index in [9.17, 15) is 0 Å². The van der Waals surface area contributed by atoms with Crippen molar-refractivity contribution in [2.24, 2.45) is 0 Å². The molecule has 200 valence electrons. The lowest BCUT2D eigenvalue weighted by Gasteiger charge is -2.14. The van der Waals surface area contributed by atoms with Crippen LogP contribution in [0.4, 0.5) is 0 Å². The predicted octanol–water partition coefficient (Wildman–Crippen LogP) is 12.8. The predicted molar refractivity (Wildman–Crippen MR) is 189 cm³/mol. The monoisotopic (exact) mass is 664 g/mol. The fourth-order valence-electron chi connectivity index (χ4n) is 5.96. The van der Waals surface area contributed by atoms with Crippen LogP contribution in [-0.2, 0) is 0 Å². The lowest BCUT2D eigenvalue weighted by atomic mass is 9.92. The van der Waals surface area contributed by atoms with E-state index in [2.05, 4.69) is 190 Å². The molecular weight excluding hydrogens is 640 g/mol. The van der Waals surface area contributed by atoms with Crippen molar-refractivity contribution in [2.75, 3.05) is 0 Å². The molecule has 0 radical (unpaired) electrons. The van der Waals surface area contributed by atoms with Crippen LogP contribution < -0.4 is 0 Å². The molecule has 2 heteroatoms. The third-order valence-corrected chi connectivity index (χ3v) is 9.39. The largest absolute Gasteiger partial charge is 0.0622 e. The van der Waals surface area contributed by atoms with Crippen molar-refractivity contribution in [3.63, 3.8) is 0 Å². The molecule has 0 nitrogen and oxygen atoms in total. The molecule has 0 aliphatic heterocycles. The summed E-state index contributed by atoms with van der Waals surface area (Å²) in [4.78, 5) is 0. The first-order valence-electron chi connectivity index (χ1n) is 14.0. The zero-order valence-electron chi connectivity index (χ0n) is 22.8. The van der Waals surface area contributed by atoms with Gasteiger partial charge < -0.3 is 0 Å². The molecule has 0 spiro atoms. The first-order valence-corrected chi connectivity index (χ1v) is 15.6. The first-order chi connectivity index (χ1) is 20.7. The molecule has 0 aliphatic rings. The molecule has 0 unspecified atom stereocenters. The molecule has 0 bridgehead atoms. The highest BCUT2D eigenvalue weighted by atomic mass is 79.9. The van der Waals surface area contributed by atoms with Gasteiger partial charge >= 0.3 is 0 Å². The topological polar surface area (TPSA) is 0 Å². The summed E-state index contributed by atoms with van der Waals surface area (Å²) >= 11 is 7.48. The van der Waals surface area contributed by atoms with Crippen LogP contribution in [0, 0.1) is 0 Å². The minimum Gasteiger partial charge on any atom is -0.0622 e. The highest BCUT2D eigenvalue weighted by molar-refractivity contribution is 9.11. The van der Waals surface area contributed by atoms with Crippen LogP contribution in [0.5, 0.6) is 0 Å². The van der Waals surface area contributed by atoms with Crippen LogP contribution in [0.25, 0.3) is 65.3 Å². The zero-order valence-corrected chi connectivity index (χ0v) is 25.9. The Morgan fingerprint density at radius 2 is 0.714 bits per heavy atom. The number of hydrogen-bond acceptors (Lipinski definition) is 0. The van der Waals surface area contributed by atoms with Crippen molar-refractivity contribution in [1.82, 2.24) is 0 Å². The van der Waals surface area contributed by atoms with Gasteiger partial charge in [-0.2, -0.15) is 0 Å². The molecule has 8 aromatic rings. The van der Waals surface area contributed by atoms with Crippen molar-refractivity contribution in [3.8, 4) is 22.3 Å². The van der Waals surface area contributed by atoms with Crippen molar-refractivity contribution in [2.45, 2.75) is 0 Å². The Hall–Kier alpha value is -4.24. The van der Waals surface area contributed by atoms with Crippen molar-refractivity contribution >= 4 is 74.9 Å². The summed E-state index contributed by atoms with van der Waals surface area (Å²) in [6.07, 6.45) is 0. The van der Waals surface area contributed by atoms with E-state index in [4.69, 9.17) is 0 Å². The summed E-state index contributed by atoms with van der Waals surface area (Å²) in [6, 6.07) is 55.7. The van der Waals surface area contributed by atoms with E-state index in [1.165, 1.54) is 69.8 Å². The Labute approximate surface area is 262 Å². The second-order valence-electron chi connectivity index (χ2n) is 10.3. The van der Waals surface area contributed by atoms with Crippen LogP contribution >= 0.6 is 31.9 Å². The van der Waals surface area contributed by atoms with Crippen LogP contribution in [0.2, 0.25) is 0 Å². The fraction of sp³-hybridized carbons (Fsp3) is 0. The van der Waals surface area contributed by atoms with Gasteiger partial charge in [0.15, 0.2) is 0 Å². The standard InChI is InChI=1S/2C20H13Br/c21-20-17-12-6-4-10-15(17)19(14-8-2-1-3-9-14)16-11-5-7-13-18(16)20;21-19-12-6-11-17-18(19)13-15-9-4-5-10-16(15)20(17)14-7-2-1-3-8-14/h2*1-13H. The summed E-state index contributed by atoms with van der Waals surface area (Å²) < 4.78 is 2.32. The molecule has 0 saturated carbocycles. The van der Waals surface area contributed by atoms with Crippen LogP contribution in [-0.4, -0.2) is 0 Å². The number of hydrogen-bond donors (Lipinski definition) is 0. The smallest absolute Gasteiger partial charge is 0.0332 e. The van der Waals surface area contributed by atoms with Gasteiger partial charge in [-0.15, -0.1) is 0 Å². The summed E-state index contributed by atoms with van der Waals surface area (Å²) in [5, 5.41) is 10.2. The van der Waals surface area contributed by atoms with E-state index in [0.717, 1.165) is 4.47 Å². The number of benzene rings is 8. The molecule has 0 fully saturated rings. The Balaban J connectivity index is 0.000000137. The Kier molecular flexibility index (Phi) is 7.34. The first kappa shape index (κ1) is 26.6. The SMILES string of the molecule is Brc1c2ccccc2c(-c2ccccc2)c2ccccc12.Brc1cccc2c(-c3ccccc3)c3ccccc3cc12. The van der Waals surface area contributed by atoms with Gasteiger partial charge in [0.1, 0.15) is 0 Å². The van der Waals surface area contributed by atoms with Gasteiger partial charge in [0.2, 0.25) is 0 Å². The summed E-state index contributed by atoms with van der Waals surface area (Å²) in [5.41, 5.74) is 5.14. The molecule has 0 saturated heterocycles. The summed E-state index contributed by atoms with van der Waals surface area (Å²) in [5.74, 6) is 0. The second kappa shape index (κ2) is 11.6. The van der Waals surface area contributed by atoms with E-state index in [-0.39, 0.29) is 0 Å². The van der Waals surface area contributed by atoms with Gasteiger partial charge in [-0.3, -0.25) is 0 Å². The maximum atomic E-state index is 3.79. The Morgan fingerprint density at radius 3 is 1.29 bits per heavy atom. The number of rotatable bonds is 2. The van der Waals surface area contributed by atoms with Crippen LogP contribution in [0.3, 0.4) is 0 Å². The van der Waals surface area contributed by atoms with E-state index in [1.54, 1.807) is 0 Å². The molecule has 0 aliphatic carbocycles. The Bertz CT molecular complexity index is 2080. The zero-order chi connectivity index (χ0) is 28.5. The minimum atomic E-state index is 1.14. The van der Waals surface area contributed by atoms with Crippen molar-refractivity contribution in [3.05, 3.63) is 167 Å². The van der Waals surface area contributed by atoms with Gasteiger partial charge in [0.25, 0.3) is 0 Å². The average Bonchev–Trinajstić information content (AvgIpc) is 3.05. The second-order valence-corrected chi connectivity index (χ2v) is 12.0. The molecule has 0 N–H and O–H groups in total. The molecule has 8 aromatic carbocycles. The summed E-state index contributed by atoms with van der Waals surface area (Å²) in [7, 11) is 0. The lowest BCUT2D eigenvalue weighted by Crippen LogP contribution is -1.86. The number of halogens is 2. The van der Waals surface area contributed by atoms with E-state index >= 15 is 0 Å². The molecule has 42 heavy (non-hydrogen) atoms. The van der Waals surface area contributed by atoms with E-state index in [1.807, 2.05) is 0 Å². The maximum Gasteiger partial charge on any atom is 0.0332 e. The average molecular weight is 666 g/mol. The maximum absolute atomic E-state index is 3.79. The quantitative estimate of drug-likeness (QED) is 0.161. The normalized spacial score (nSPS) is 11.1. The Morgan fingerprint density at radius 1 is 0.310 bits per heavy atom. The molecule has 0 amide bonds.